The van der Waals surface area contributed by atoms with Crippen molar-refractivity contribution < 1.29 is 27.1 Å². The number of halogens is 4. The van der Waals surface area contributed by atoms with Crippen molar-refractivity contribution in [3.05, 3.63) is 70.8 Å². The Morgan fingerprint density at radius 2 is 1.85 bits per heavy atom. The molecule has 0 radical (unpaired) electrons. The molecular weight excluding hydrogens is 438 g/mol. The van der Waals surface area contributed by atoms with E-state index in [1.165, 1.54) is 6.07 Å². The minimum absolute atomic E-state index is 0.0322. The summed E-state index contributed by atoms with van der Waals surface area (Å²) in [4.78, 5) is 11.7. The number of piperidine rings is 1. The summed E-state index contributed by atoms with van der Waals surface area (Å²) in [6, 6.07) is 12.8. The van der Waals surface area contributed by atoms with E-state index in [2.05, 4.69) is 16.0 Å². The molecule has 3 atom stereocenters. The van der Waals surface area contributed by atoms with E-state index in [-0.39, 0.29) is 29.3 Å². The summed E-state index contributed by atoms with van der Waals surface area (Å²) in [6.07, 6.45) is -3.88. The van der Waals surface area contributed by atoms with Crippen LogP contribution in [0.25, 0.3) is 0 Å². The molecule has 2 aromatic rings. The predicted octanol–water partition coefficient (Wildman–Crippen LogP) is 4.58. The molecule has 9 heteroatoms. The van der Waals surface area contributed by atoms with Gasteiger partial charge in [0.2, 0.25) is 0 Å². The van der Waals surface area contributed by atoms with E-state index < -0.39 is 30.1 Å². The Bertz CT molecular complexity index is 989. The SMILES string of the molecule is CC(OC[C@@]1(c2ccccc2)CC[C@]2(CNC(=O)N2)CN1)c1cc(CF)cc(C(F)(F)F)c1. The summed E-state index contributed by atoms with van der Waals surface area (Å²) in [5.74, 6) is 0. The van der Waals surface area contributed by atoms with Crippen molar-refractivity contribution in [1.82, 2.24) is 16.0 Å². The van der Waals surface area contributed by atoms with Crippen molar-refractivity contribution in [2.75, 3.05) is 19.7 Å². The Balaban J connectivity index is 1.54. The van der Waals surface area contributed by atoms with Gasteiger partial charge in [0.15, 0.2) is 0 Å². The number of nitrogens with one attached hydrogen (secondary N) is 3. The molecule has 3 N–H and O–H groups in total. The largest absolute Gasteiger partial charge is 0.416 e. The third kappa shape index (κ3) is 4.99. The van der Waals surface area contributed by atoms with Gasteiger partial charge in [0, 0.05) is 13.1 Å². The zero-order chi connectivity index (χ0) is 23.7. The summed E-state index contributed by atoms with van der Waals surface area (Å²) < 4.78 is 59.1. The zero-order valence-corrected chi connectivity index (χ0v) is 18.3. The van der Waals surface area contributed by atoms with Crippen LogP contribution in [0.3, 0.4) is 0 Å². The molecular formula is C24H27F4N3O2. The Kier molecular flexibility index (Phi) is 6.37. The molecule has 0 aliphatic carbocycles. The zero-order valence-electron chi connectivity index (χ0n) is 18.3. The number of amides is 2. The highest BCUT2D eigenvalue weighted by Gasteiger charge is 2.47. The fraction of sp³-hybridized carbons (Fsp3) is 0.458. The Hall–Kier alpha value is -2.65. The van der Waals surface area contributed by atoms with Crippen LogP contribution >= 0.6 is 0 Å². The lowest BCUT2D eigenvalue weighted by Crippen LogP contribution is -2.63. The maximum Gasteiger partial charge on any atom is 0.416 e. The fourth-order valence-electron chi connectivity index (χ4n) is 4.57. The van der Waals surface area contributed by atoms with Crippen molar-refractivity contribution >= 4 is 6.03 Å². The number of hydrogen-bond donors (Lipinski definition) is 3. The van der Waals surface area contributed by atoms with Gasteiger partial charge in [0.05, 0.1) is 29.4 Å². The average molecular weight is 465 g/mol. The van der Waals surface area contributed by atoms with E-state index in [0.717, 1.165) is 17.7 Å². The molecule has 0 aromatic heterocycles. The topological polar surface area (TPSA) is 62.4 Å². The van der Waals surface area contributed by atoms with Crippen molar-refractivity contribution in [2.24, 2.45) is 0 Å². The van der Waals surface area contributed by atoms with Crippen LogP contribution in [-0.4, -0.2) is 31.3 Å². The normalized spacial score (nSPS) is 26.2. The molecule has 1 unspecified atom stereocenters. The summed E-state index contributed by atoms with van der Waals surface area (Å²) in [5, 5.41) is 9.34. The highest BCUT2D eigenvalue weighted by molar-refractivity contribution is 5.77. The van der Waals surface area contributed by atoms with E-state index in [1.54, 1.807) is 6.92 Å². The third-order valence-corrected chi connectivity index (χ3v) is 6.63. The van der Waals surface area contributed by atoms with Gasteiger partial charge in [-0.25, -0.2) is 9.18 Å². The van der Waals surface area contributed by atoms with Gasteiger partial charge >= 0.3 is 12.2 Å². The Morgan fingerprint density at radius 3 is 2.42 bits per heavy atom. The van der Waals surface area contributed by atoms with Gasteiger partial charge in [-0.2, -0.15) is 13.2 Å². The van der Waals surface area contributed by atoms with Gasteiger partial charge in [-0.15, -0.1) is 0 Å². The molecule has 5 nitrogen and oxygen atoms in total. The first-order valence-corrected chi connectivity index (χ1v) is 10.9. The number of carbonyl (C=O) groups excluding carboxylic acids is 1. The van der Waals surface area contributed by atoms with Crippen molar-refractivity contribution in [1.29, 1.82) is 0 Å². The van der Waals surface area contributed by atoms with Crippen LogP contribution in [0.15, 0.2) is 48.5 Å². The van der Waals surface area contributed by atoms with Crippen molar-refractivity contribution in [2.45, 2.75) is 49.8 Å². The van der Waals surface area contributed by atoms with Crippen LogP contribution in [0, 0.1) is 0 Å². The monoisotopic (exact) mass is 465 g/mol. The lowest BCUT2D eigenvalue weighted by molar-refractivity contribution is -0.137. The van der Waals surface area contributed by atoms with E-state index in [9.17, 15) is 22.4 Å². The number of hydrogen-bond acceptors (Lipinski definition) is 3. The smallest absolute Gasteiger partial charge is 0.372 e. The summed E-state index contributed by atoms with van der Waals surface area (Å²) >= 11 is 0. The molecule has 2 aliphatic rings. The second kappa shape index (κ2) is 8.95. The molecule has 2 amide bonds. The average Bonchev–Trinajstić information content (AvgIpc) is 3.18. The highest BCUT2D eigenvalue weighted by Crippen LogP contribution is 2.37. The molecule has 0 bridgehead atoms. The molecule has 2 fully saturated rings. The number of ether oxygens (including phenoxy) is 1. The summed E-state index contributed by atoms with van der Waals surface area (Å²) in [7, 11) is 0. The van der Waals surface area contributed by atoms with E-state index >= 15 is 0 Å². The number of benzene rings is 2. The second-order valence-electron chi connectivity index (χ2n) is 8.94. The van der Waals surface area contributed by atoms with Crippen molar-refractivity contribution in [3.63, 3.8) is 0 Å². The maximum absolute atomic E-state index is 13.3. The van der Waals surface area contributed by atoms with Gasteiger partial charge in [0.25, 0.3) is 0 Å². The lowest BCUT2D eigenvalue weighted by Gasteiger charge is -2.46. The first kappa shape index (κ1) is 23.5. The molecule has 2 heterocycles. The predicted molar refractivity (Wildman–Crippen MR) is 115 cm³/mol. The minimum atomic E-state index is -4.57. The van der Waals surface area contributed by atoms with Gasteiger partial charge in [-0.3, -0.25) is 0 Å². The molecule has 2 aromatic carbocycles. The fourth-order valence-corrected chi connectivity index (χ4v) is 4.57. The molecule has 1 spiro atoms. The molecule has 2 aliphatic heterocycles. The molecule has 4 rings (SSSR count). The van der Waals surface area contributed by atoms with Gasteiger partial charge < -0.3 is 20.7 Å². The first-order chi connectivity index (χ1) is 15.6. The standard InChI is InChI=1S/C24H27F4N3O2/c1-16(18-9-17(12-25)10-20(11-18)24(26,27)28)33-15-23(19-5-3-2-4-6-19)8-7-22(14-30-23)13-29-21(32)31-22/h2-6,9-11,16,30H,7-8,12-15H2,1H3,(H2,29,31,32)/t16?,22-,23+/m0/s1. The van der Waals surface area contributed by atoms with Crippen LogP contribution in [-0.2, 0) is 23.1 Å². The van der Waals surface area contributed by atoms with Gasteiger partial charge in [-0.1, -0.05) is 36.4 Å². The van der Waals surface area contributed by atoms with Gasteiger partial charge in [0.1, 0.15) is 6.67 Å². The first-order valence-electron chi connectivity index (χ1n) is 10.9. The summed E-state index contributed by atoms with van der Waals surface area (Å²) in [6.45, 7) is 1.94. The van der Waals surface area contributed by atoms with Crippen LogP contribution in [0.4, 0.5) is 22.4 Å². The minimum Gasteiger partial charge on any atom is -0.372 e. The lowest BCUT2D eigenvalue weighted by atomic mass is 9.76. The molecule has 178 valence electrons. The maximum atomic E-state index is 13.3. The van der Waals surface area contributed by atoms with Crippen LogP contribution in [0.5, 0.6) is 0 Å². The number of carbonyl (C=O) groups is 1. The third-order valence-electron chi connectivity index (χ3n) is 6.63. The molecule has 2 saturated heterocycles. The number of urea groups is 1. The van der Waals surface area contributed by atoms with Crippen LogP contribution < -0.4 is 16.0 Å². The van der Waals surface area contributed by atoms with Crippen molar-refractivity contribution in [3.8, 4) is 0 Å². The van der Waals surface area contributed by atoms with E-state index in [0.29, 0.717) is 25.9 Å². The van der Waals surface area contributed by atoms with Crippen LogP contribution in [0.2, 0.25) is 0 Å². The van der Waals surface area contributed by atoms with Gasteiger partial charge in [-0.05, 0) is 48.6 Å². The Labute approximate surface area is 189 Å². The highest BCUT2D eigenvalue weighted by atomic mass is 19.4. The number of alkyl halides is 4. The molecule has 33 heavy (non-hydrogen) atoms. The van der Waals surface area contributed by atoms with Crippen LogP contribution in [0.1, 0.15) is 48.1 Å². The molecule has 0 saturated carbocycles. The number of rotatable bonds is 6. The van der Waals surface area contributed by atoms with E-state index in [1.807, 2.05) is 30.3 Å². The second-order valence-corrected chi connectivity index (χ2v) is 8.94. The summed E-state index contributed by atoms with van der Waals surface area (Å²) in [5.41, 5.74) is -0.590. The van der Waals surface area contributed by atoms with E-state index in [4.69, 9.17) is 4.74 Å². The Morgan fingerprint density at radius 1 is 1.09 bits per heavy atom. The quantitative estimate of drug-likeness (QED) is 0.548.